The maximum Gasteiger partial charge on any atom is 0.195 e. The lowest BCUT2D eigenvalue weighted by Crippen LogP contribution is -2.05. The van der Waals surface area contributed by atoms with Gasteiger partial charge >= 0.3 is 0 Å². The lowest BCUT2D eigenvalue weighted by atomic mass is 9.97. The van der Waals surface area contributed by atoms with Crippen LogP contribution in [0.5, 0.6) is 0 Å². The van der Waals surface area contributed by atoms with E-state index in [0.717, 1.165) is 80.5 Å². The van der Waals surface area contributed by atoms with E-state index in [1.54, 1.807) is 0 Å². The molecule has 0 atom stereocenters. The number of rotatable bonds is 19. The van der Waals surface area contributed by atoms with E-state index < -0.39 is 56.8 Å². The summed E-state index contributed by atoms with van der Waals surface area (Å²) >= 11 is 1.77. The van der Waals surface area contributed by atoms with Crippen LogP contribution < -0.4 is 0 Å². The Balaban J connectivity index is 1.60. The maximum atomic E-state index is 15.4. The predicted octanol–water partition coefficient (Wildman–Crippen LogP) is 11.7. The van der Waals surface area contributed by atoms with Crippen molar-refractivity contribution in [2.45, 2.75) is 123 Å². The Bertz CT molecular complexity index is 1550. The molecule has 0 aliphatic carbocycles. The summed E-state index contributed by atoms with van der Waals surface area (Å²) in [7, 11) is 0. The van der Waals surface area contributed by atoms with E-state index in [-0.39, 0.29) is 10.0 Å². The minimum atomic E-state index is -1.95. The van der Waals surface area contributed by atoms with Gasteiger partial charge in [0.2, 0.25) is 0 Å². The van der Waals surface area contributed by atoms with E-state index >= 15 is 26.3 Å². The van der Waals surface area contributed by atoms with Gasteiger partial charge in [-0.2, -0.15) is 0 Å². The predicted molar refractivity (Wildman–Crippen MR) is 170 cm³/mol. The third-order valence-corrected chi connectivity index (χ3v) is 10.00. The molecule has 2 aromatic carbocycles. The summed E-state index contributed by atoms with van der Waals surface area (Å²) in [5.74, 6) is -11.1. The van der Waals surface area contributed by atoms with Crippen LogP contribution in [0.15, 0.2) is 0 Å². The molecule has 0 saturated carbocycles. The Morgan fingerprint density at radius 3 is 1.09 bits per heavy atom. The SMILES string of the molecule is CCCCCCCCCCc1nnc(-c2c(F)c(F)c(F)c3c(-c4nnc(CCCCCCCCC)s4)c(F)c(F)c(F)c23)s1. The zero-order chi connectivity index (χ0) is 32.3. The second-order valence-corrected chi connectivity index (χ2v) is 13.6. The Hall–Kier alpha value is -2.60. The van der Waals surface area contributed by atoms with Gasteiger partial charge < -0.3 is 0 Å². The van der Waals surface area contributed by atoms with Crippen LogP contribution in [0, 0.1) is 34.9 Å². The second-order valence-electron chi connectivity index (χ2n) is 11.5. The molecule has 0 unspecified atom stereocenters. The normalized spacial score (nSPS) is 11.7. The van der Waals surface area contributed by atoms with Crippen molar-refractivity contribution in [3.63, 3.8) is 0 Å². The van der Waals surface area contributed by atoms with Crippen LogP contribution in [-0.4, -0.2) is 20.4 Å². The van der Waals surface area contributed by atoms with Gasteiger partial charge in [-0.25, -0.2) is 26.3 Å². The van der Waals surface area contributed by atoms with Gasteiger partial charge in [0.05, 0.1) is 11.1 Å². The fraction of sp³-hybridized carbons (Fsp3) is 0.576. The number of nitrogens with zero attached hydrogens (tertiary/aromatic N) is 4. The van der Waals surface area contributed by atoms with E-state index in [9.17, 15) is 0 Å². The maximum absolute atomic E-state index is 15.4. The Morgan fingerprint density at radius 2 is 0.733 bits per heavy atom. The first-order chi connectivity index (χ1) is 21.8. The van der Waals surface area contributed by atoms with Crippen molar-refractivity contribution >= 4 is 33.4 Å². The molecule has 0 saturated heterocycles. The lowest BCUT2D eigenvalue weighted by molar-refractivity contribution is 0.444. The van der Waals surface area contributed by atoms with Gasteiger partial charge in [0.1, 0.15) is 10.0 Å². The van der Waals surface area contributed by atoms with E-state index in [4.69, 9.17) is 0 Å². The van der Waals surface area contributed by atoms with Crippen LogP contribution in [0.3, 0.4) is 0 Å². The van der Waals surface area contributed by atoms with Crippen LogP contribution in [0.4, 0.5) is 26.3 Å². The van der Waals surface area contributed by atoms with Crippen LogP contribution in [0.1, 0.15) is 120 Å². The molecule has 4 aromatic rings. The highest BCUT2D eigenvalue weighted by Crippen LogP contribution is 2.44. The molecule has 12 heteroatoms. The number of aryl methyl sites for hydroxylation is 2. The minimum absolute atomic E-state index is 0.251. The molecule has 246 valence electrons. The van der Waals surface area contributed by atoms with Crippen molar-refractivity contribution in [3.05, 3.63) is 44.9 Å². The summed E-state index contributed by atoms with van der Waals surface area (Å²) in [6.45, 7) is 4.31. The fourth-order valence-corrected chi connectivity index (χ4v) is 7.35. The van der Waals surface area contributed by atoms with E-state index in [1.807, 2.05) is 0 Å². The average molecular weight is 671 g/mol. The van der Waals surface area contributed by atoms with Crippen molar-refractivity contribution < 1.29 is 26.3 Å². The topological polar surface area (TPSA) is 51.6 Å². The number of hydrogen-bond acceptors (Lipinski definition) is 6. The smallest absolute Gasteiger partial charge is 0.195 e. The van der Waals surface area contributed by atoms with Gasteiger partial charge in [0, 0.05) is 23.6 Å². The largest absolute Gasteiger partial charge is 0.203 e. The fourth-order valence-electron chi connectivity index (χ4n) is 5.50. The van der Waals surface area contributed by atoms with Gasteiger partial charge in [0.15, 0.2) is 44.9 Å². The first kappa shape index (κ1) is 35.3. The molecule has 2 heterocycles. The summed E-state index contributed by atoms with van der Waals surface area (Å²) < 4.78 is 91.4. The van der Waals surface area contributed by atoms with Crippen LogP contribution in [0.25, 0.3) is 31.9 Å². The molecule has 0 amide bonds. The zero-order valence-electron chi connectivity index (χ0n) is 25.9. The molecule has 0 spiro atoms. The number of hydrogen-bond donors (Lipinski definition) is 0. The number of unbranched alkanes of at least 4 members (excludes halogenated alkanes) is 13. The zero-order valence-corrected chi connectivity index (χ0v) is 27.5. The highest BCUT2D eigenvalue weighted by Gasteiger charge is 2.33. The van der Waals surface area contributed by atoms with Crippen molar-refractivity contribution in [3.8, 4) is 21.1 Å². The monoisotopic (exact) mass is 670 g/mol. The summed E-state index contributed by atoms with van der Waals surface area (Å²) in [6.07, 6.45) is 17.2. The number of fused-ring (bicyclic) bond motifs is 1. The van der Waals surface area contributed by atoms with Crippen molar-refractivity contribution in [1.82, 2.24) is 20.4 Å². The summed E-state index contributed by atoms with van der Waals surface area (Å²) in [5, 5.41) is 14.5. The Kier molecular flexibility index (Phi) is 13.6. The van der Waals surface area contributed by atoms with Crippen LogP contribution >= 0.6 is 22.7 Å². The summed E-state index contributed by atoms with van der Waals surface area (Å²) in [4.78, 5) is 0. The van der Waals surface area contributed by atoms with Gasteiger partial charge in [-0.15, -0.1) is 20.4 Å². The van der Waals surface area contributed by atoms with Gasteiger partial charge in [-0.05, 0) is 12.8 Å². The minimum Gasteiger partial charge on any atom is -0.203 e. The van der Waals surface area contributed by atoms with Crippen molar-refractivity contribution in [1.29, 1.82) is 0 Å². The van der Waals surface area contributed by atoms with Crippen molar-refractivity contribution in [2.75, 3.05) is 0 Å². The number of halogens is 6. The second kappa shape index (κ2) is 17.4. The highest BCUT2D eigenvalue weighted by atomic mass is 32.1. The van der Waals surface area contributed by atoms with E-state index in [0.29, 0.717) is 22.9 Å². The van der Waals surface area contributed by atoms with Crippen LogP contribution in [-0.2, 0) is 12.8 Å². The average Bonchev–Trinajstić information content (AvgIpc) is 3.70. The number of aromatic nitrogens is 4. The summed E-state index contributed by atoms with van der Waals surface area (Å²) in [6, 6.07) is 0. The van der Waals surface area contributed by atoms with Gasteiger partial charge in [0.25, 0.3) is 0 Å². The molecule has 0 aliphatic rings. The molecule has 45 heavy (non-hydrogen) atoms. The quantitative estimate of drug-likeness (QED) is 0.0566. The van der Waals surface area contributed by atoms with E-state index in [2.05, 4.69) is 34.2 Å². The molecule has 4 rings (SSSR count). The molecule has 0 aliphatic heterocycles. The molecule has 4 nitrogen and oxygen atoms in total. The molecule has 0 fully saturated rings. The highest BCUT2D eigenvalue weighted by molar-refractivity contribution is 7.15. The van der Waals surface area contributed by atoms with Crippen LogP contribution in [0.2, 0.25) is 0 Å². The first-order valence-electron chi connectivity index (χ1n) is 16.1. The van der Waals surface area contributed by atoms with Crippen molar-refractivity contribution in [2.24, 2.45) is 0 Å². The molecule has 0 N–H and O–H groups in total. The third kappa shape index (κ3) is 8.61. The molecular formula is C33H40F6N4S2. The first-order valence-corrected chi connectivity index (χ1v) is 17.7. The van der Waals surface area contributed by atoms with Gasteiger partial charge in [-0.1, -0.05) is 120 Å². The lowest BCUT2D eigenvalue weighted by Gasteiger charge is -2.14. The molecule has 2 aromatic heterocycles. The standard InChI is InChI=1S/C33H40F6N4S2/c1-3-5-7-9-11-13-15-17-19-21-41-43-33(45-21)25-23-22(26(34)31(39)29(25)37)24(28(36)30(38)27(23)35)32-42-40-20(44-32)18-16-14-12-10-8-6-4-2/h3-19H2,1-2H3. The molecule has 0 bridgehead atoms. The third-order valence-electron chi connectivity index (χ3n) is 8.00. The van der Waals surface area contributed by atoms with E-state index in [1.165, 1.54) is 38.5 Å². The van der Waals surface area contributed by atoms with Gasteiger partial charge in [-0.3, -0.25) is 0 Å². The number of benzene rings is 2. The Morgan fingerprint density at radius 1 is 0.400 bits per heavy atom. The Labute approximate surface area is 268 Å². The molecule has 0 radical (unpaired) electrons. The molecular weight excluding hydrogens is 631 g/mol. The summed E-state index contributed by atoms with van der Waals surface area (Å²) in [5.41, 5.74) is -1.59.